The number of hydrogen-bond donors (Lipinski definition) is 2. The van der Waals surface area contributed by atoms with E-state index in [2.05, 4.69) is 31.4 Å². The molecule has 2 N–H and O–H groups in total. The molecule has 0 atom stereocenters. The predicted octanol–water partition coefficient (Wildman–Crippen LogP) is 2.68. The van der Waals surface area contributed by atoms with Crippen molar-refractivity contribution in [1.29, 1.82) is 0 Å². The van der Waals surface area contributed by atoms with Crippen molar-refractivity contribution < 1.29 is 4.79 Å². The van der Waals surface area contributed by atoms with Gasteiger partial charge in [-0.3, -0.25) is 9.59 Å². The zero-order valence-corrected chi connectivity index (χ0v) is 13.1. The second kappa shape index (κ2) is 5.79. The van der Waals surface area contributed by atoms with Gasteiger partial charge in [0.2, 0.25) is 0 Å². The molecule has 5 nitrogen and oxygen atoms in total. The SMILES string of the molecule is O=C(NCc1ccc(Br)s1)c1n[nH]c(=O)c2ccccc12. The maximum absolute atomic E-state index is 12.2. The molecule has 0 saturated heterocycles. The van der Waals surface area contributed by atoms with Crippen LogP contribution in [0.25, 0.3) is 10.8 Å². The fraction of sp³-hybridized carbons (Fsp3) is 0.0714. The lowest BCUT2D eigenvalue weighted by Crippen LogP contribution is -2.25. The summed E-state index contributed by atoms with van der Waals surface area (Å²) in [4.78, 5) is 25.0. The highest BCUT2D eigenvalue weighted by Crippen LogP contribution is 2.22. The highest BCUT2D eigenvalue weighted by molar-refractivity contribution is 9.11. The van der Waals surface area contributed by atoms with Gasteiger partial charge in [0.05, 0.1) is 15.7 Å². The van der Waals surface area contributed by atoms with E-state index in [1.807, 2.05) is 12.1 Å². The van der Waals surface area contributed by atoms with Crippen LogP contribution < -0.4 is 10.9 Å². The molecule has 0 unspecified atom stereocenters. The largest absolute Gasteiger partial charge is 0.346 e. The van der Waals surface area contributed by atoms with E-state index in [0.29, 0.717) is 17.3 Å². The summed E-state index contributed by atoms with van der Waals surface area (Å²) < 4.78 is 1.01. The summed E-state index contributed by atoms with van der Waals surface area (Å²) in [5, 5.41) is 10.0. The zero-order chi connectivity index (χ0) is 14.8. The molecule has 0 fully saturated rings. The van der Waals surface area contributed by atoms with Gasteiger partial charge in [-0.1, -0.05) is 18.2 Å². The summed E-state index contributed by atoms with van der Waals surface area (Å²) >= 11 is 4.93. The minimum atomic E-state index is -0.313. The summed E-state index contributed by atoms with van der Waals surface area (Å²) in [5.41, 5.74) is -0.0786. The second-order valence-corrected chi connectivity index (χ2v) is 6.88. The van der Waals surface area contributed by atoms with E-state index in [9.17, 15) is 9.59 Å². The molecule has 0 bridgehead atoms. The number of fused-ring (bicyclic) bond motifs is 1. The number of nitrogens with one attached hydrogen (secondary N) is 2. The van der Waals surface area contributed by atoms with E-state index in [1.165, 1.54) is 0 Å². The molecule has 0 aliphatic carbocycles. The molecule has 0 aliphatic heterocycles. The fourth-order valence-corrected chi connectivity index (χ4v) is 3.41. The minimum Gasteiger partial charge on any atom is -0.346 e. The van der Waals surface area contributed by atoms with Crippen molar-refractivity contribution in [3.63, 3.8) is 0 Å². The van der Waals surface area contributed by atoms with Crippen LogP contribution in [0.1, 0.15) is 15.4 Å². The number of H-pyrrole nitrogens is 1. The van der Waals surface area contributed by atoms with Gasteiger partial charge in [-0.05, 0) is 34.1 Å². The van der Waals surface area contributed by atoms with Gasteiger partial charge >= 0.3 is 0 Å². The number of carbonyl (C=O) groups excluding carboxylic acids is 1. The van der Waals surface area contributed by atoms with E-state index >= 15 is 0 Å². The maximum atomic E-state index is 12.2. The molecular weight excluding hydrogens is 354 g/mol. The molecule has 2 heterocycles. The maximum Gasteiger partial charge on any atom is 0.272 e. The molecule has 0 aliphatic rings. The molecule has 1 aromatic carbocycles. The third kappa shape index (κ3) is 2.88. The van der Waals surface area contributed by atoms with Crippen molar-refractivity contribution in [1.82, 2.24) is 15.5 Å². The highest BCUT2D eigenvalue weighted by Gasteiger charge is 2.13. The summed E-state index contributed by atoms with van der Waals surface area (Å²) in [6, 6.07) is 10.8. The van der Waals surface area contributed by atoms with Gasteiger partial charge < -0.3 is 5.32 Å². The van der Waals surface area contributed by atoms with Gasteiger partial charge in [0.1, 0.15) is 0 Å². The number of benzene rings is 1. The molecular formula is C14H10BrN3O2S. The number of halogens is 1. The molecule has 0 spiro atoms. The Morgan fingerprint density at radius 1 is 1.24 bits per heavy atom. The number of nitrogens with zero attached hydrogens (tertiary/aromatic N) is 1. The quantitative estimate of drug-likeness (QED) is 0.750. The highest BCUT2D eigenvalue weighted by atomic mass is 79.9. The molecule has 7 heteroatoms. The lowest BCUT2D eigenvalue weighted by atomic mass is 10.1. The van der Waals surface area contributed by atoms with Gasteiger partial charge in [0, 0.05) is 10.3 Å². The summed E-state index contributed by atoms with van der Waals surface area (Å²) in [5.74, 6) is -0.313. The van der Waals surface area contributed by atoms with Gasteiger partial charge in [-0.2, -0.15) is 5.10 Å². The van der Waals surface area contributed by atoms with E-state index in [4.69, 9.17) is 0 Å². The van der Waals surface area contributed by atoms with Crippen LogP contribution >= 0.6 is 27.3 Å². The lowest BCUT2D eigenvalue weighted by Gasteiger charge is -2.05. The normalized spacial score (nSPS) is 10.7. The van der Waals surface area contributed by atoms with Crippen LogP contribution in [-0.4, -0.2) is 16.1 Å². The van der Waals surface area contributed by atoms with E-state index in [1.54, 1.807) is 35.6 Å². The molecule has 0 saturated carbocycles. The summed E-state index contributed by atoms with van der Waals surface area (Å²) in [7, 11) is 0. The molecule has 1 amide bonds. The Morgan fingerprint density at radius 2 is 2.00 bits per heavy atom. The van der Waals surface area contributed by atoms with Crippen LogP contribution in [0, 0.1) is 0 Å². The Bertz CT molecular complexity index is 872. The smallest absolute Gasteiger partial charge is 0.272 e. The first kappa shape index (κ1) is 14.0. The first-order valence-corrected chi connectivity index (χ1v) is 7.76. The Morgan fingerprint density at radius 3 is 2.71 bits per heavy atom. The average molecular weight is 364 g/mol. The molecule has 3 rings (SSSR count). The van der Waals surface area contributed by atoms with Crippen LogP contribution in [0.15, 0.2) is 45.0 Å². The van der Waals surface area contributed by atoms with Gasteiger partial charge in [-0.15, -0.1) is 11.3 Å². The zero-order valence-electron chi connectivity index (χ0n) is 10.7. The van der Waals surface area contributed by atoms with Crippen molar-refractivity contribution >= 4 is 43.9 Å². The van der Waals surface area contributed by atoms with E-state index in [0.717, 1.165) is 8.66 Å². The molecule has 21 heavy (non-hydrogen) atoms. The number of hydrogen-bond acceptors (Lipinski definition) is 4. The number of aromatic nitrogens is 2. The Kier molecular flexibility index (Phi) is 3.85. The standard InChI is InChI=1S/C14H10BrN3O2S/c15-11-6-5-8(21-11)7-16-14(20)12-9-3-1-2-4-10(9)13(19)18-17-12/h1-6H,7H2,(H,16,20)(H,18,19). The number of aromatic amines is 1. The predicted molar refractivity (Wildman–Crippen MR) is 85.6 cm³/mol. The van der Waals surface area contributed by atoms with Crippen molar-refractivity contribution in [3.05, 3.63) is 61.1 Å². The van der Waals surface area contributed by atoms with Gasteiger partial charge in [0.25, 0.3) is 11.5 Å². The lowest BCUT2D eigenvalue weighted by molar-refractivity contribution is 0.0947. The fourth-order valence-electron chi connectivity index (χ4n) is 1.99. The summed E-state index contributed by atoms with van der Waals surface area (Å²) in [6.45, 7) is 0.421. The number of thiophene rings is 1. The van der Waals surface area contributed by atoms with E-state index in [-0.39, 0.29) is 17.2 Å². The Hall–Kier alpha value is -1.99. The molecule has 2 aromatic heterocycles. The molecule has 106 valence electrons. The third-order valence-corrected chi connectivity index (χ3v) is 4.59. The van der Waals surface area contributed by atoms with E-state index < -0.39 is 0 Å². The number of amides is 1. The Labute approximate surface area is 132 Å². The monoisotopic (exact) mass is 363 g/mol. The van der Waals surface area contributed by atoms with Crippen molar-refractivity contribution in [2.75, 3.05) is 0 Å². The van der Waals surface area contributed by atoms with Gasteiger partial charge in [0.15, 0.2) is 5.69 Å². The van der Waals surface area contributed by atoms with Crippen LogP contribution in [0.2, 0.25) is 0 Å². The first-order valence-electron chi connectivity index (χ1n) is 6.15. The molecule has 0 radical (unpaired) electrons. The minimum absolute atomic E-state index is 0.223. The van der Waals surface area contributed by atoms with Crippen molar-refractivity contribution in [3.8, 4) is 0 Å². The van der Waals surface area contributed by atoms with Crippen molar-refractivity contribution in [2.24, 2.45) is 0 Å². The molecule has 3 aromatic rings. The second-order valence-electron chi connectivity index (χ2n) is 4.34. The number of rotatable bonds is 3. The van der Waals surface area contributed by atoms with Crippen molar-refractivity contribution in [2.45, 2.75) is 6.54 Å². The average Bonchev–Trinajstić information content (AvgIpc) is 2.91. The Balaban J connectivity index is 1.88. The van der Waals surface area contributed by atoms with Crippen LogP contribution in [0.3, 0.4) is 0 Å². The summed E-state index contributed by atoms with van der Waals surface area (Å²) in [6.07, 6.45) is 0. The van der Waals surface area contributed by atoms with Crippen LogP contribution in [-0.2, 0) is 6.54 Å². The number of carbonyl (C=O) groups is 1. The van der Waals surface area contributed by atoms with Gasteiger partial charge in [-0.25, -0.2) is 5.10 Å². The first-order chi connectivity index (χ1) is 10.1. The van der Waals surface area contributed by atoms with Crippen LogP contribution in [0.5, 0.6) is 0 Å². The third-order valence-electron chi connectivity index (χ3n) is 2.96. The topological polar surface area (TPSA) is 74.8 Å². The van der Waals surface area contributed by atoms with Crippen LogP contribution in [0.4, 0.5) is 0 Å².